The Morgan fingerprint density at radius 3 is 2.94 bits per heavy atom. The van der Waals surface area contributed by atoms with Crippen molar-refractivity contribution < 1.29 is 17.5 Å². The molecule has 0 amide bonds. The average Bonchev–Trinajstić information content (AvgIpc) is 2.29. The first kappa shape index (κ1) is 14.0. The third-order valence-corrected chi connectivity index (χ3v) is 3.33. The third-order valence-electron chi connectivity index (χ3n) is 1.94. The number of aromatic nitrogens is 1. The van der Waals surface area contributed by atoms with Crippen LogP contribution in [0.2, 0.25) is 0 Å². The van der Waals surface area contributed by atoms with Gasteiger partial charge in [-0.25, -0.2) is 22.5 Å². The van der Waals surface area contributed by atoms with Gasteiger partial charge in [-0.15, -0.1) is 0 Å². The van der Waals surface area contributed by atoms with Crippen LogP contribution in [0, 0.1) is 5.82 Å². The zero-order chi connectivity index (χ0) is 12.7. The molecule has 0 fully saturated rings. The standard InChI is InChI=1S/C10H15FN2O3S/c1-2-16-8-4-7-13-17(14,15)10-9(11)5-3-6-12-10/h3,5-6,13H,2,4,7-8H2,1H3. The molecule has 1 aromatic heterocycles. The fraction of sp³-hybridized carbons (Fsp3) is 0.500. The number of ether oxygens (including phenoxy) is 1. The van der Waals surface area contributed by atoms with Crippen LogP contribution in [-0.2, 0) is 14.8 Å². The van der Waals surface area contributed by atoms with Crippen LogP contribution in [0.4, 0.5) is 4.39 Å². The van der Waals surface area contributed by atoms with Gasteiger partial charge >= 0.3 is 0 Å². The van der Waals surface area contributed by atoms with Crippen molar-refractivity contribution in [3.8, 4) is 0 Å². The summed E-state index contributed by atoms with van der Waals surface area (Å²) in [6.07, 6.45) is 1.76. The average molecular weight is 262 g/mol. The van der Waals surface area contributed by atoms with Crippen LogP contribution in [0.25, 0.3) is 0 Å². The van der Waals surface area contributed by atoms with Gasteiger partial charge in [-0.2, -0.15) is 0 Å². The van der Waals surface area contributed by atoms with E-state index in [2.05, 4.69) is 9.71 Å². The van der Waals surface area contributed by atoms with Crippen molar-refractivity contribution >= 4 is 10.0 Å². The highest BCUT2D eigenvalue weighted by molar-refractivity contribution is 7.89. The molecular weight excluding hydrogens is 247 g/mol. The second-order valence-corrected chi connectivity index (χ2v) is 4.92. The monoisotopic (exact) mass is 262 g/mol. The van der Waals surface area contributed by atoms with Crippen molar-refractivity contribution in [2.24, 2.45) is 0 Å². The van der Waals surface area contributed by atoms with Gasteiger partial charge in [0, 0.05) is 26.0 Å². The predicted octanol–water partition coefficient (Wildman–Crippen LogP) is 0.926. The number of sulfonamides is 1. The first-order chi connectivity index (χ1) is 8.08. The van der Waals surface area contributed by atoms with Gasteiger partial charge in [0.2, 0.25) is 5.03 Å². The van der Waals surface area contributed by atoms with Gasteiger partial charge in [-0.3, -0.25) is 0 Å². The van der Waals surface area contributed by atoms with E-state index in [9.17, 15) is 12.8 Å². The maximum absolute atomic E-state index is 13.2. The van der Waals surface area contributed by atoms with Crippen LogP contribution in [-0.4, -0.2) is 33.2 Å². The number of hydrogen-bond acceptors (Lipinski definition) is 4. The quantitative estimate of drug-likeness (QED) is 0.742. The smallest absolute Gasteiger partial charge is 0.261 e. The highest BCUT2D eigenvalue weighted by Crippen LogP contribution is 2.09. The molecule has 0 atom stereocenters. The minimum atomic E-state index is -3.87. The van der Waals surface area contributed by atoms with Crippen LogP contribution in [0.1, 0.15) is 13.3 Å². The molecule has 0 unspecified atom stereocenters. The normalized spacial score (nSPS) is 11.6. The molecule has 17 heavy (non-hydrogen) atoms. The van der Waals surface area contributed by atoms with E-state index in [1.165, 1.54) is 12.3 Å². The molecule has 7 heteroatoms. The number of halogens is 1. The third kappa shape index (κ3) is 4.37. The highest BCUT2D eigenvalue weighted by atomic mass is 32.2. The number of pyridine rings is 1. The van der Waals surface area contributed by atoms with Gasteiger partial charge < -0.3 is 4.74 Å². The van der Waals surface area contributed by atoms with Gasteiger partial charge in [-0.1, -0.05) is 0 Å². The summed E-state index contributed by atoms with van der Waals surface area (Å²) in [7, 11) is -3.87. The molecule has 5 nitrogen and oxygen atoms in total. The molecule has 96 valence electrons. The molecule has 0 aliphatic rings. The summed E-state index contributed by atoms with van der Waals surface area (Å²) in [5.41, 5.74) is 0. The molecule has 0 aliphatic heterocycles. The van der Waals surface area contributed by atoms with Gasteiger partial charge in [0.05, 0.1) is 0 Å². The van der Waals surface area contributed by atoms with Crippen molar-refractivity contribution in [3.63, 3.8) is 0 Å². The Kier molecular flexibility index (Phi) is 5.46. The summed E-state index contributed by atoms with van der Waals surface area (Å²) >= 11 is 0. The van der Waals surface area contributed by atoms with Crippen LogP contribution in [0.5, 0.6) is 0 Å². The molecule has 0 saturated heterocycles. The number of rotatable bonds is 7. The summed E-state index contributed by atoms with van der Waals surface area (Å²) in [5.74, 6) is -0.857. The summed E-state index contributed by atoms with van der Waals surface area (Å²) in [6, 6.07) is 2.39. The maximum Gasteiger partial charge on any atom is 0.261 e. The Hall–Kier alpha value is -1.05. The van der Waals surface area contributed by atoms with Crippen molar-refractivity contribution in [1.82, 2.24) is 9.71 Å². The molecule has 0 saturated carbocycles. The van der Waals surface area contributed by atoms with Crippen LogP contribution < -0.4 is 4.72 Å². The van der Waals surface area contributed by atoms with Gasteiger partial charge in [0.25, 0.3) is 10.0 Å². The molecule has 1 rings (SSSR count). The minimum absolute atomic E-state index is 0.193. The topological polar surface area (TPSA) is 68.3 Å². The van der Waals surface area contributed by atoms with Gasteiger partial charge in [-0.05, 0) is 25.5 Å². The Morgan fingerprint density at radius 2 is 2.29 bits per heavy atom. The van der Waals surface area contributed by atoms with E-state index in [-0.39, 0.29) is 6.54 Å². The van der Waals surface area contributed by atoms with Crippen LogP contribution >= 0.6 is 0 Å². The predicted molar refractivity (Wildman–Crippen MR) is 60.5 cm³/mol. The Bertz CT molecular complexity index is 451. The van der Waals surface area contributed by atoms with Gasteiger partial charge in [0.1, 0.15) is 0 Å². The molecule has 0 aromatic carbocycles. The van der Waals surface area contributed by atoms with E-state index in [1.54, 1.807) is 0 Å². The Balaban J connectivity index is 2.55. The molecular formula is C10H15FN2O3S. The maximum atomic E-state index is 13.2. The second kappa shape index (κ2) is 6.63. The van der Waals surface area contributed by atoms with Crippen LogP contribution in [0.3, 0.4) is 0 Å². The number of nitrogens with zero attached hydrogens (tertiary/aromatic N) is 1. The minimum Gasteiger partial charge on any atom is -0.382 e. The summed E-state index contributed by atoms with van der Waals surface area (Å²) in [6.45, 7) is 3.09. The molecule has 1 aromatic rings. The first-order valence-corrected chi connectivity index (χ1v) is 6.74. The van der Waals surface area contributed by atoms with Crippen LogP contribution in [0.15, 0.2) is 23.4 Å². The lowest BCUT2D eigenvalue weighted by molar-refractivity contribution is 0.146. The zero-order valence-electron chi connectivity index (χ0n) is 9.52. The van der Waals surface area contributed by atoms with E-state index < -0.39 is 20.9 Å². The molecule has 0 radical (unpaired) electrons. The highest BCUT2D eigenvalue weighted by Gasteiger charge is 2.19. The molecule has 0 bridgehead atoms. The fourth-order valence-electron chi connectivity index (χ4n) is 1.16. The Morgan fingerprint density at radius 1 is 1.53 bits per heavy atom. The second-order valence-electron chi connectivity index (χ2n) is 3.24. The Labute approximate surface area is 100 Å². The number of hydrogen-bond donors (Lipinski definition) is 1. The first-order valence-electron chi connectivity index (χ1n) is 5.26. The fourth-order valence-corrected chi connectivity index (χ4v) is 2.24. The van der Waals surface area contributed by atoms with E-state index in [0.717, 1.165) is 6.07 Å². The summed E-state index contributed by atoms with van der Waals surface area (Å²) in [4.78, 5) is 3.51. The molecule has 1 heterocycles. The van der Waals surface area contributed by atoms with Crippen molar-refractivity contribution in [2.75, 3.05) is 19.8 Å². The summed E-state index contributed by atoms with van der Waals surface area (Å²) < 4.78 is 43.8. The van der Waals surface area contributed by atoms with E-state index in [1.807, 2.05) is 6.92 Å². The van der Waals surface area contributed by atoms with Gasteiger partial charge in [0.15, 0.2) is 5.82 Å². The lowest BCUT2D eigenvalue weighted by Crippen LogP contribution is -2.27. The lowest BCUT2D eigenvalue weighted by atomic mass is 10.5. The number of nitrogens with one attached hydrogen (secondary N) is 1. The van der Waals surface area contributed by atoms with E-state index >= 15 is 0 Å². The van der Waals surface area contributed by atoms with Crippen molar-refractivity contribution in [2.45, 2.75) is 18.4 Å². The zero-order valence-corrected chi connectivity index (χ0v) is 10.3. The van der Waals surface area contributed by atoms with E-state index in [4.69, 9.17) is 4.74 Å². The summed E-state index contributed by atoms with van der Waals surface area (Å²) in [5, 5.41) is -0.573. The molecule has 1 N–H and O–H groups in total. The van der Waals surface area contributed by atoms with E-state index in [0.29, 0.717) is 19.6 Å². The van der Waals surface area contributed by atoms with Crippen molar-refractivity contribution in [3.05, 3.63) is 24.1 Å². The largest absolute Gasteiger partial charge is 0.382 e. The lowest BCUT2D eigenvalue weighted by Gasteiger charge is -2.06. The molecule has 0 aliphatic carbocycles. The SMILES string of the molecule is CCOCCCNS(=O)(=O)c1ncccc1F. The van der Waals surface area contributed by atoms with Crippen molar-refractivity contribution in [1.29, 1.82) is 0 Å². The molecule has 0 spiro atoms.